The summed E-state index contributed by atoms with van der Waals surface area (Å²) in [7, 11) is 0. The number of rotatable bonds is 2. The van der Waals surface area contributed by atoms with Crippen molar-refractivity contribution in [3.63, 3.8) is 0 Å². The van der Waals surface area contributed by atoms with Gasteiger partial charge in [0.15, 0.2) is 0 Å². The molecule has 0 unspecified atom stereocenters. The molecule has 1 aromatic carbocycles. The summed E-state index contributed by atoms with van der Waals surface area (Å²) < 4.78 is 0. The van der Waals surface area contributed by atoms with Crippen LogP contribution in [0.1, 0.15) is 5.56 Å². The number of aldehydes is 1. The van der Waals surface area contributed by atoms with Gasteiger partial charge in [0.25, 0.3) is 0 Å². The van der Waals surface area contributed by atoms with Gasteiger partial charge in [-0.05, 0) is 24.3 Å². The average molecular weight is 235 g/mol. The van der Waals surface area contributed by atoms with Crippen LogP contribution < -0.4 is 0 Å². The molecule has 1 nitrogen and oxygen atoms in total. The quantitative estimate of drug-likeness (QED) is 0.563. The first-order valence-corrected chi connectivity index (χ1v) is 4.55. The maximum atomic E-state index is 10.1. The Morgan fingerprint density at radius 3 is 2.62 bits per heavy atom. The minimum Gasteiger partial charge on any atom is -0.299 e. The van der Waals surface area contributed by atoms with Crippen LogP contribution in [0.15, 0.2) is 24.3 Å². The first-order chi connectivity index (χ1) is 6.15. The zero-order valence-electron chi connectivity index (χ0n) is 6.43. The minimum absolute atomic E-state index is 0.280. The third kappa shape index (κ3) is 2.73. The summed E-state index contributed by atoms with van der Waals surface area (Å²) >= 11 is 17.3. The maximum Gasteiger partial charge on any atom is 0.144 e. The van der Waals surface area contributed by atoms with Crippen molar-refractivity contribution in [1.82, 2.24) is 0 Å². The van der Waals surface area contributed by atoms with E-state index in [1.54, 1.807) is 18.2 Å². The Labute approximate surface area is 90.9 Å². The molecule has 68 valence electrons. The summed E-state index contributed by atoms with van der Waals surface area (Å²) in [4.78, 5) is 10.1. The van der Waals surface area contributed by atoms with Crippen LogP contribution in [0, 0.1) is 0 Å². The molecule has 0 atom stereocenters. The Kier molecular flexibility index (Phi) is 3.79. The van der Waals surface area contributed by atoms with E-state index >= 15 is 0 Å². The summed E-state index contributed by atoms with van der Waals surface area (Å²) in [6, 6.07) is 4.88. The van der Waals surface area contributed by atoms with E-state index in [-0.39, 0.29) is 5.03 Å². The van der Waals surface area contributed by atoms with Gasteiger partial charge in [-0.25, -0.2) is 0 Å². The second-order valence-corrected chi connectivity index (χ2v) is 3.53. The molecule has 0 aliphatic rings. The number of benzene rings is 1. The molecule has 0 N–H and O–H groups in total. The molecule has 0 bridgehead atoms. The van der Waals surface area contributed by atoms with Gasteiger partial charge in [0.05, 0.1) is 5.03 Å². The lowest BCUT2D eigenvalue weighted by molar-refractivity contribution is -0.104. The van der Waals surface area contributed by atoms with Crippen LogP contribution in [0.25, 0.3) is 5.03 Å². The standard InChI is InChI=1S/C9H5Cl3O/c10-6-1-2-8(11)7(5-6)9(12)3-4-13/h1-5H/b9-3+. The van der Waals surface area contributed by atoms with Crippen molar-refractivity contribution in [2.24, 2.45) is 0 Å². The molecule has 0 heterocycles. The summed E-state index contributed by atoms with van der Waals surface area (Å²) in [5, 5.41) is 1.27. The van der Waals surface area contributed by atoms with E-state index in [4.69, 9.17) is 34.8 Å². The second-order valence-electron chi connectivity index (χ2n) is 2.27. The zero-order valence-corrected chi connectivity index (χ0v) is 8.70. The SMILES string of the molecule is O=C/C=C(/Cl)c1cc(Cl)ccc1Cl. The fourth-order valence-electron chi connectivity index (χ4n) is 0.830. The maximum absolute atomic E-state index is 10.1. The summed E-state index contributed by atoms with van der Waals surface area (Å²) in [5.74, 6) is 0. The Balaban J connectivity index is 3.20. The van der Waals surface area contributed by atoms with Crippen molar-refractivity contribution in [1.29, 1.82) is 0 Å². The van der Waals surface area contributed by atoms with Crippen LogP contribution in [0.2, 0.25) is 10.0 Å². The molecule has 0 fully saturated rings. The highest BCUT2D eigenvalue weighted by atomic mass is 35.5. The van der Waals surface area contributed by atoms with Gasteiger partial charge in [-0.15, -0.1) is 0 Å². The van der Waals surface area contributed by atoms with Gasteiger partial charge >= 0.3 is 0 Å². The molecule has 0 spiro atoms. The summed E-state index contributed by atoms with van der Waals surface area (Å²) in [6.45, 7) is 0. The second kappa shape index (κ2) is 4.66. The van der Waals surface area contributed by atoms with E-state index in [1.807, 2.05) is 0 Å². The fraction of sp³-hybridized carbons (Fsp3) is 0. The average Bonchev–Trinajstić information content (AvgIpc) is 2.09. The fourth-order valence-corrected chi connectivity index (χ4v) is 1.48. The lowest BCUT2D eigenvalue weighted by Gasteiger charge is -2.01. The topological polar surface area (TPSA) is 17.1 Å². The first kappa shape index (κ1) is 10.6. The van der Waals surface area contributed by atoms with Crippen molar-refractivity contribution in [3.8, 4) is 0 Å². The smallest absolute Gasteiger partial charge is 0.144 e. The Morgan fingerprint density at radius 1 is 1.31 bits per heavy atom. The Hall–Kier alpha value is -0.500. The molecular formula is C9H5Cl3O. The van der Waals surface area contributed by atoms with Crippen LogP contribution in [-0.4, -0.2) is 6.29 Å². The van der Waals surface area contributed by atoms with Crippen molar-refractivity contribution < 1.29 is 4.79 Å². The lowest BCUT2D eigenvalue weighted by Crippen LogP contribution is -1.80. The van der Waals surface area contributed by atoms with E-state index in [0.29, 0.717) is 21.9 Å². The Morgan fingerprint density at radius 2 is 2.00 bits per heavy atom. The van der Waals surface area contributed by atoms with Crippen LogP contribution >= 0.6 is 34.8 Å². The highest BCUT2D eigenvalue weighted by Crippen LogP contribution is 2.28. The number of hydrogen-bond acceptors (Lipinski definition) is 1. The number of carbonyl (C=O) groups excluding carboxylic acids is 1. The van der Waals surface area contributed by atoms with Crippen LogP contribution in [0.5, 0.6) is 0 Å². The molecule has 4 heteroatoms. The number of halogens is 3. The van der Waals surface area contributed by atoms with E-state index < -0.39 is 0 Å². The van der Waals surface area contributed by atoms with Crippen molar-refractivity contribution in [3.05, 3.63) is 39.9 Å². The molecule has 0 saturated carbocycles. The van der Waals surface area contributed by atoms with Crippen molar-refractivity contribution in [2.45, 2.75) is 0 Å². The predicted molar refractivity (Wildman–Crippen MR) is 56.4 cm³/mol. The summed E-state index contributed by atoms with van der Waals surface area (Å²) in [5.41, 5.74) is 0.558. The van der Waals surface area contributed by atoms with E-state index in [0.717, 1.165) is 0 Å². The highest BCUT2D eigenvalue weighted by Gasteiger charge is 2.04. The first-order valence-electron chi connectivity index (χ1n) is 3.41. The molecule has 0 radical (unpaired) electrons. The zero-order chi connectivity index (χ0) is 9.84. The minimum atomic E-state index is 0.280. The third-order valence-electron chi connectivity index (χ3n) is 1.40. The van der Waals surface area contributed by atoms with Gasteiger partial charge in [-0.3, -0.25) is 4.79 Å². The van der Waals surface area contributed by atoms with Crippen LogP contribution in [-0.2, 0) is 4.79 Å². The predicted octanol–water partition coefficient (Wildman–Crippen LogP) is 3.77. The molecule has 0 saturated heterocycles. The molecule has 0 aliphatic carbocycles. The lowest BCUT2D eigenvalue weighted by atomic mass is 10.2. The normalized spacial score (nSPS) is 11.5. The van der Waals surface area contributed by atoms with Crippen LogP contribution in [0.3, 0.4) is 0 Å². The number of carbonyl (C=O) groups is 1. The number of hydrogen-bond donors (Lipinski definition) is 0. The summed E-state index contributed by atoms with van der Waals surface area (Å²) in [6.07, 6.45) is 1.82. The molecule has 0 amide bonds. The largest absolute Gasteiger partial charge is 0.299 e. The molecule has 1 rings (SSSR count). The van der Waals surface area contributed by atoms with Crippen molar-refractivity contribution >= 4 is 46.1 Å². The monoisotopic (exact) mass is 234 g/mol. The molecular weight excluding hydrogens is 230 g/mol. The molecule has 13 heavy (non-hydrogen) atoms. The van der Waals surface area contributed by atoms with Gasteiger partial charge < -0.3 is 0 Å². The van der Waals surface area contributed by atoms with Gasteiger partial charge in [0.1, 0.15) is 6.29 Å². The van der Waals surface area contributed by atoms with Gasteiger partial charge in [-0.1, -0.05) is 34.8 Å². The van der Waals surface area contributed by atoms with E-state index in [9.17, 15) is 4.79 Å². The molecule has 0 aliphatic heterocycles. The van der Waals surface area contributed by atoms with Gasteiger partial charge in [0.2, 0.25) is 0 Å². The Bertz CT molecular complexity index is 358. The van der Waals surface area contributed by atoms with Crippen molar-refractivity contribution in [2.75, 3.05) is 0 Å². The third-order valence-corrected chi connectivity index (χ3v) is 2.29. The number of allylic oxidation sites excluding steroid dienone is 1. The van der Waals surface area contributed by atoms with E-state index in [2.05, 4.69) is 0 Å². The van der Waals surface area contributed by atoms with Gasteiger partial charge in [0, 0.05) is 15.6 Å². The van der Waals surface area contributed by atoms with E-state index in [1.165, 1.54) is 6.08 Å². The molecule has 0 aromatic heterocycles. The molecule has 1 aromatic rings. The highest BCUT2D eigenvalue weighted by molar-refractivity contribution is 6.51. The van der Waals surface area contributed by atoms with Crippen LogP contribution in [0.4, 0.5) is 0 Å². The van der Waals surface area contributed by atoms with Gasteiger partial charge in [-0.2, -0.15) is 0 Å².